The average molecular weight is 432 g/mol. The Morgan fingerprint density at radius 2 is 2.04 bits per heavy atom. The van der Waals surface area contributed by atoms with Crippen molar-refractivity contribution in [1.82, 2.24) is 10.6 Å². The standard InChI is InChI=1S/C19H22BrN5O2/c1-21-19(22-12-14-4-2-3-5-18(14)25(26)27)23-16-10-11-24(13-16)17-8-6-15(20)7-9-17/h2-9,16H,10-13H2,1H3,(H2,21,22,23). The SMILES string of the molecule is CN=C(NCc1ccccc1[N+](=O)[O-])NC1CCN(c2ccc(Br)cc2)C1. The van der Waals surface area contributed by atoms with Gasteiger partial charge in [0.25, 0.3) is 5.69 Å². The van der Waals surface area contributed by atoms with Crippen molar-refractivity contribution >= 4 is 33.3 Å². The maximum Gasteiger partial charge on any atom is 0.274 e. The summed E-state index contributed by atoms with van der Waals surface area (Å²) in [5.41, 5.74) is 1.95. The summed E-state index contributed by atoms with van der Waals surface area (Å²) in [7, 11) is 1.70. The van der Waals surface area contributed by atoms with Gasteiger partial charge in [-0.05, 0) is 30.7 Å². The Kier molecular flexibility index (Phi) is 6.28. The molecule has 0 radical (unpaired) electrons. The second kappa shape index (κ2) is 8.85. The molecule has 7 nitrogen and oxygen atoms in total. The molecule has 0 bridgehead atoms. The first kappa shape index (κ1) is 19.2. The van der Waals surface area contributed by atoms with Crippen LogP contribution in [-0.2, 0) is 6.54 Å². The lowest BCUT2D eigenvalue weighted by Gasteiger charge is -2.20. The third-order valence-electron chi connectivity index (χ3n) is 4.58. The highest BCUT2D eigenvalue weighted by Gasteiger charge is 2.23. The maximum absolute atomic E-state index is 11.1. The van der Waals surface area contributed by atoms with Crippen molar-refractivity contribution in [3.8, 4) is 0 Å². The van der Waals surface area contributed by atoms with Gasteiger partial charge < -0.3 is 15.5 Å². The molecule has 2 aromatic rings. The van der Waals surface area contributed by atoms with Gasteiger partial charge in [0.15, 0.2) is 5.96 Å². The van der Waals surface area contributed by atoms with Crippen LogP contribution in [0.15, 0.2) is 58.0 Å². The second-order valence-corrected chi connectivity index (χ2v) is 7.28. The van der Waals surface area contributed by atoms with E-state index in [1.165, 1.54) is 11.8 Å². The molecule has 1 atom stereocenters. The van der Waals surface area contributed by atoms with Crippen molar-refractivity contribution in [3.63, 3.8) is 0 Å². The van der Waals surface area contributed by atoms with Gasteiger partial charge in [0.05, 0.1) is 4.92 Å². The van der Waals surface area contributed by atoms with Crippen molar-refractivity contribution in [2.24, 2.45) is 4.99 Å². The van der Waals surface area contributed by atoms with Gasteiger partial charge in [-0.2, -0.15) is 0 Å². The summed E-state index contributed by atoms with van der Waals surface area (Å²) in [6.45, 7) is 2.20. The van der Waals surface area contributed by atoms with Crippen molar-refractivity contribution in [1.29, 1.82) is 0 Å². The minimum atomic E-state index is -0.361. The summed E-state index contributed by atoms with van der Waals surface area (Å²) in [6.07, 6.45) is 1.00. The Morgan fingerprint density at radius 1 is 1.30 bits per heavy atom. The zero-order chi connectivity index (χ0) is 19.2. The Labute approximate surface area is 166 Å². The number of benzene rings is 2. The van der Waals surface area contributed by atoms with Gasteiger partial charge >= 0.3 is 0 Å². The van der Waals surface area contributed by atoms with Crippen molar-refractivity contribution < 1.29 is 4.92 Å². The molecule has 1 saturated heterocycles. The Morgan fingerprint density at radius 3 is 2.74 bits per heavy atom. The highest BCUT2D eigenvalue weighted by atomic mass is 79.9. The van der Waals surface area contributed by atoms with E-state index >= 15 is 0 Å². The molecule has 8 heteroatoms. The van der Waals surface area contributed by atoms with E-state index in [9.17, 15) is 10.1 Å². The zero-order valence-corrected chi connectivity index (χ0v) is 16.6. The third kappa shape index (κ3) is 4.97. The number of nitrogens with one attached hydrogen (secondary N) is 2. The fraction of sp³-hybridized carbons (Fsp3) is 0.316. The van der Waals surface area contributed by atoms with Crippen LogP contribution in [-0.4, -0.2) is 37.1 Å². The van der Waals surface area contributed by atoms with Crippen molar-refractivity contribution in [2.75, 3.05) is 25.0 Å². The summed E-state index contributed by atoms with van der Waals surface area (Å²) in [5.74, 6) is 0.649. The number of aliphatic imine (C=N–C) groups is 1. The summed E-state index contributed by atoms with van der Waals surface area (Å²) in [4.78, 5) is 17.4. The van der Waals surface area contributed by atoms with Crippen LogP contribution < -0.4 is 15.5 Å². The number of rotatable bonds is 5. The van der Waals surface area contributed by atoms with E-state index in [2.05, 4.69) is 48.6 Å². The molecular weight excluding hydrogens is 410 g/mol. The van der Waals surface area contributed by atoms with Crippen LogP contribution >= 0.6 is 15.9 Å². The minimum Gasteiger partial charge on any atom is -0.369 e. The van der Waals surface area contributed by atoms with E-state index in [0.29, 0.717) is 18.1 Å². The number of nitro groups is 1. The molecule has 142 valence electrons. The summed E-state index contributed by atoms with van der Waals surface area (Å²) >= 11 is 3.46. The summed E-state index contributed by atoms with van der Waals surface area (Å²) in [6, 6.07) is 15.3. The monoisotopic (exact) mass is 431 g/mol. The van der Waals surface area contributed by atoms with Crippen LogP contribution in [0.2, 0.25) is 0 Å². The van der Waals surface area contributed by atoms with Crippen LogP contribution in [0.25, 0.3) is 0 Å². The Hall–Kier alpha value is -2.61. The van der Waals surface area contributed by atoms with Crippen LogP contribution in [0.3, 0.4) is 0 Å². The van der Waals surface area contributed by atoms with Gasteiger partial charge in [-0.25, -0.2) is 0 Å². The van der Waals surface area contributed by atoms with E-state index in [1.54, 1.807) is 25.2 Å². The summed E-state index contributed by atoms with van der Waals surface area (Å²) in [5, 5.41) is 17.7. The zero-order valence-electron chi connectivity index (χ0n) is 15.1. The quantitative estimate of drug-likeness (QED) is 0.328. The third-order valence-corrected chi connectivity index (χ3v) is 5.11. The number of hydrogen-bond donors (Lipinski definition) is 2. The number of guanidine groups is 1. The molecule has 0 amide bonds. The first-order chi connectivity index (χ1) is 13.1. The van der Waals surface area contributed by atoms with Gasteiger partial charge in [-0.1, -0.05) is 34.1 Å². The highest BCUT2D eigenvalue weighted by Crippen LogP contribution is 2.22. The molecule has 1 fully saturated rings. The first-order valence-corrected chi connectivity index (χ1v) is 9.56. The first-order valence-electron chi connectivity index (χ1n) is 8.77. The second-order valence-electron chi connectivity index (χ2n) is 6.36. The lowest BCUT2D eigenvalue weighted by Crippen LogP contribution is -2.44. The van der Waals surface area contributed by atoms with Crippen LogP contribution in [0.1, 0.15) is 12.0 Å². The van der Waals surface area contributed by atoms with E-state index in [-0.39, 0.29) is 16.7 Å². The molecule has 0 saturated carbocycles. The van der Waals surface area contributed by atoms with Crippen molar-refractivity contribution in [3.05, 3.63) is 68.7 Å². The predicted molar refractivity (Wildman–Crippen MR) is 111 cm³/mol. The number of para-hydroxylation sites is 1. The molecule has 0 aromatic heterocycles. The molecule has 1 aliphatic rings. The highest BCUT2D eigenvalue weighted by molar-refractivity contribution is 9.10. The fourth-order valence-electron chi connectivity index (χ4n) is 3.17. The van der Waals surface area contributed by atoms with Gasteiger partial charge in [0.2, 0.25) is 0 Å². The molecule has 2 N–H and O–H groups in total. The largest absolute Gasteiger partial charge is 0.369 e. The minimum absolute atomic E-state index is 0.114. The molecule has 0 aliphatic carbocycles. The molecule has 2 aromatic carbocycles. The van der Waals surface area contributed by atoms with E-state index in [1.807, 2.05) is 12.1 Å². The molecule has 0 spiro atoms. The molecule has 1 unspecified atom stereocenters. The fourth-order valence-corrected chi connectivity index (χ4v) is 3.43. The lowest BCUT2D eigenvalue weighted by molar-refractivity contribution is -0.385. The van der Waals surface area contributed by atoms with Gasteiger partial charge in [0, 0.05) is 54.5 Å². The number of halogens is 1. The number of hydrogen-bond acceptors (Lipinski definition) is 4. The number of nitrogens with zero attached hydrogens (tertiary/aromatic N) is 3. The van der Waals surface area contributed by atoms with Crippen LogP contribution in [0.4, 0.5) is 11.4 Å². The van der Waals surface area contributed by atoms with Gasteiger partial charge in [0.1, 0.15) is 0 Å². The Bertz CT molecular complexity index is 825. The smallest absolute Gasteiger partial charge is 0.274 e. The topological polar surface area (TPSA) is 82.8 Å². The number of anilines is 1. The van der Waals surface area contributed by atoms with Crippen LogP contribution in [0, 0.1) is 10.1 Å². The molecule has 1 aliphatic heterocycles. The predicted octanol–water partition coefficient (Wildman–Crippen LogP) is 3.30. The lowest BCUT2D eigenvalue weighted by atomic mass is 10.2. The van der Waals surface area contributed by atoms with E-state index in [4.69, 9.17) is 0 Å². The van der Waals surface area contributed by atoms with Crippen molar-refractivity contribution in [2.45, 2.75) is 19.0 Å². The summed E-state index contributed by atoms with van der Waals surface area (Å²) < 4.78 is 1.07. The molecular formula is C19H22BrN5O2. The van der Waals surface area contributed by atoms with E-state index in [0.717, 1.165) is 24.0 Å². The van der Waals surface area contributed by atoms with Gasteiger partial charge in [-0.3, -0.25) is 15.1 Å². The Balaban J connectivity index is 1.55. The van der Waals surface area contributed by atoms with Crippen LogP contribution in [0.5, 0.6) is 0 Å². The van der Waals surface area contributed by atoms with E-state index < -0.39 is 0 Å². The average Bonchev–Trinajstić information content (AvgIpc) is 3.14. The molecule has 3 rings (SSSR count). The molecule has 27 heavy (non-hydrogen) atoms. The number of nitro benzene ring substituents is 1. The maximum atomic E-state index is 11.1. The molecule has 1 heterocycles. The normalized spacial score (nSPS) is 17.0. The van der Waals surface area contributed by atoms with Gasteiger partial charge in [-0.15, -0.1) is 0 Å².